The summed E-state index contributed by atoms with van der Waals surface area (Å²) in [5, 5.41) is 13.8. The number of hydrogen-bond acceptors (Lipinski definition) is 6. The summed E-state index contributed by atoms with van der Waals surface area (Å²) in [5.41, 5.74) is 2.81. The normalized spacial score (nSPS) is 12.2. The molecule has 2 aromatic carbocycles. The van der Waals surface area contributed by atoms with Crippen molar-refractivity contribution in [2.24, 2.45) is 0 Å². The summed E-state index contributed by atoms with van der Waals surface area (Å²) in [6.07, 6.45) is 3.10. The van der Waals surface area contributed by atoms with E-state index in [0.717, 1.165) is 16.5 Å². The number of thioether (sulfide) groups is 1. The predicted molar refractivity (Wildman–Crippen MR) is 129 cm³/mol. The van der Waals surface area contributed by atoms with Crippen molar-refractivity contribution in [3.63, 3.8) is 0 Å². The number of hydrogen-bond donors (Lipinski definition) is 2. The molecule has 0 bridgehead atoms. The Morgan fingerprint density at radius 3 is 2.55 bits per heavy atom. The molecule has 4 aromatic rings. The number of aryl methyl sites for hydroxylation is 1. The summed E-state index contributed by atoms with van der Waals surface area (Å²) in [4.78, 5) is 36.4. The van der Waals surface area contributed by atoms with Gasteiger partial charge >= 0.3 is 11.6 Å². The molecule has 0 aliphatic rings. The minimum atomic E-state index is -1.13. The van der Waals surface area contributed by atoms with Gasteiger partial charge in [-0.1, -0.05) is 23.7 Å². The monoisotopic (exact) mass is 485 g/mol. The van der Waals surface area contributed by atoms with Gasteiger partial charge in [0.15, 0.2) is 0 Å². The van der Waals surface area contributed by atoms with E-state index < -0.39 is 23.5 Å². The molecule has 2 aromatic heterocycles. The van der Waals surface area contributed by atoms with E-state index in [0.29, 0.717) is 27.1 Å². The first-order chi connectivity index (χ1) is 15.8. The van der Waals surface area contributed by atoms with E-state index >= 15 is 0 Å². The molecule has 0 aliphatic heterocycles. The molecular formula is C24H20ClNO6S. The number of carbonyl (C=O) groups is 2. The van der Waals surface area contributed by atoms with Gasteiger partial charge in [-0.05, 0) is 42.5 Å². The van der Waals surface area contributed by atoms with Crippen LogP contribution in [0.5, 0.6) is 0 Å². The Hall–Kier alpha value is -3.23. The average Bonchev–Trinajstić information content (AvgIpc) is 3.18. The fraction of sp³-hybridized carbons (Fsp3) is 0.208. The molecule has 9 heteroatoms. The highest BCUT2D eigenvalue weighted by Crippen LogP contribution is 2.35. The van der Waals surface area contributed by atoms with Gasteiger partial charge in [0.2, 0.25) is 5.91 Å². The van der Waals surface area contributed by atoms with Crippen molar-refractivity contribution in [1.82, 2.24) is 5.32 Å². The van der Waals surface area contributed by atoms with Crippen molar-refractivity contribution >= 4 is 57.2 Å². The van der Waals surface area contributed by atoms with E-state index in [-0.39, 0.29) is 17.7 Å². The quantitative estimate of drug-likeness (QED) is 0.367. The maximum absolute atomic E-state index is 12.6. The van der Waals surface area contributed by atoms with E-state index in [1.165, 1.54) is 11.8 Å². The zero-order chi connectivity index (χ0) is 23.7. The third-order valence-corrected chi connectivity index (χ3v) is 6.36. The number of amides is 1. The molecule has 33 heavy (non-hydrogen) atoms. The van der Waals surface area contributed by atoms with Crippen LogP contribution in [-0.2, 0) is 16.0 Å². The Kier molecular flexibility index (Phi) is 6.49. The lowest BCUT2D eigenvalue weighted by atomic mass is 9.99. The van der Waals surface area contributed by atoms with Crippen LogP contribution in [0.1, 0.15) is 11.1 Å². The molecular weight excluding hydrogens is 466 g/mol. The molecule has 7 nitrogen and oxygen atoms in total. The molecule has 1 atom stereocenters. The number of fused-ring (bicyclic) bond motifs is 2. The molecule has 170 valence electrons. The molecule has 0 saturated heterocycles. The molecule has 0 fully saturated rings. The Morgan fingerprint density at radius 2 is 1.88 bits per heavy atom. The van der Waals surface area contributed by atoms with Crippen LogP contribution < -0.4 is 10.9 Å². The van der Waals surface area contributed by atoms with Crippen molar-refractivity contribution in [1.29, 1.82) is 0 Å². The molecule has 2 heterocycles. The van der Waals surface area contributed by atoms with Gasteiger partial charge in [0, 0.05) is 33.2 Å². The summed E-state index contributed by atoms with van der Waals surface area (Å²) in [5.74, 6) is -1.47. The number of nitrogens with one attached hydrogen (secondary N) is 1. The lowest BCUT2D eigenvalue weighted by Crippen LogP contribution is -2.43. The number of rotatable bonds is 7. The minimum absolute atomic E-state index is 0.184. The van der Waals surface area contributed by atoms with Crippen LogP contribution in [0.2, 0.25) is 5.02 Å². The van der Waals surface area contributed by atoms with Crippen molar-refractivity contribution in [2.45, 2.75) is 19.4 Å². The van der Waals surface area contributed by atoms with E-state index in [1.807, 2.05) is 18.2 Å². The molecule has 4 rings (SSSR count). The second kappa shape index (κ2) is 9.33. The zero-order valence-corrected chi connectivity index (χ0v) is 19.4. The number of carbonyl (C=O) groups excluding carboxylic acids is 1. The van der Waals surface area contributed by atoms with Gasteiger partial charge < -0.3 is 19.3 Å². The van der Waals surface area contributed by atoms with E-state index in [9.17, 15) is 19.5 Å². The Labute approximate surface area is 197 Å². The van der Waals surface area contributed by atoms with Gasteiger partial charge in [0.05, 0.1) is 18.2 Å². The van der Waals surface area contributed by atoms with E-state index in [1.54, 1.807) is 37.6 Å². The number of carboxylic acids is 1. The second-order valence-electron chi connectivity index (χ2n) is 7.58. The van der Waals surface area contributed by atoms with Crippen molar-refractivity contribution in [3.05, 3.63) is 69.2 Å². The van der Waals surface area contributed by atoms with Crippen molar-refractivity contribution < 1.29 is 23.5 Å². The molecule has 0 saturated carbocycles. The van der Waals surface area contributed by atoms with Crippen LogP contribution in [0.15, 0.2) is 56.3 Å². The van der Waals surface area contributed by atoms with Crippen LogP contribution in [0.3, 0.4) is 0 Å². The highest BCUT2D eigenvalue weighted by Gasteiger charge is 2.22. The largest absolute Gasteiger partial charge is 0.480 e. The Morgan fingerprint density at radius 1 is 1.15 bits per heavy atom. The second-order valence-corrected chi connectivity index (χ2v) is 8.93. The van der Waals surface area contributed by atoms with Gasteiger partial charge in [-0.3, -0.25) is 4.79 Å². The van der Waals surface area contributed by atoms with Gasteiger partial charge in [-0.15, -0.1) is 0 Å². The smallest absolute Gasteiger partial charge is 0.340 e. The Bertz CT molecular complexity index is 1420. The highest BCUT2D eigenvalue weighted by atomic mass is 35.5. The molecule has 0 radical (unpaired) electrons. The fourth-order valence-electron chi connectivity index (χ4n) is 3.71. The lowest BCUT2D eigenvalue weighted by Gasteiger charge is -2.14. The van der Waals surface area contributed by atoms with Crippen LogP contribution in [0.4, 0.5) is 0 Å². The number of halogens is 1. The molecule has 2 N–H and O–H groups in total. The highest BCUT2D eigenvalue weighted by molar-refractivity contribution is 7.98. The van der Waals surface area contributed by atoms with E-state index in [4.69, 9.17) is 20.4 Å². The van der Waals surface area contributed by atoms with Gasteiger partial charge in [0.25, 0.3) is 0 Å². The van der Waals surface area contributed by atoms with Gasteiger partial charge in [-0.2, -0.15) is 11.8 Å². The van der Waals surface area contributed by atoms with Crippen LogP contribution in [-0.4, -0.2) is 35.0 Å². The predicted octanol–water partition coefficient (Wildman–Crippen LogP) is 4.64. The molecule has 0 aliphatic carbocycles. The first kappa shape index (κ1) is 22.9. The molecule has 0 unspecified atom stereocenters. The maximum atomic E-state index is 12.6. The molecule has 1 amide bonds. The first-order valence-corrected chi connectivity index (χ1v) is 11.8. The third kappa shape index (κ3) is 4.62. The average molecular weight is 486 g/mol. The maximum Gasteiger partial charge on any atom is 0.340 e. The summed E-state index contributed by atoms with van der Waals surface area (Å²) in [6.45, 7) is 1.74. The topological polar surface area (TPSA) is 110 Å². The number of carboxylic acid groups (broad SMARTS) is 1. The summed E-state index contributed by atoms with van der Waals surface area (Å²) < 4.78 is 11.2. The van der Waals surface area contributed by atoms with Crippen molar-refractivity contribution in [2.75, 3.05) is 12.0 Å². The summed E-state index contributed by atoms with van der Waals surface area (Å²) in [7, 11) is 0. The summed E-state index contributed by atoms with van der Waals surface area (Å²) in [6, 6.07) is 9.84. The molecule has 0 spiro atoms. The Balaban J connectivity index is 1.74. The third-order valence-electron chi connectivity index (χ3n) is 5.44. The van der Waals surface area contributed by atoms with Crippen LogP contribution >= 0.6 is 23.4 Å². The first-order valence-electron chi connectivity index (χ1n) is 10.0. The number of aliphatic carboxylic acids is 1. The number of benzene rings is 2. The van der Waals surface area contributed by atoms with Crippen molar-refractivity contribution in [3.8, 4) is 11.1 Å². The van der Waals surface area contributed by atoms with Crippen LogP contribution in [0.25, 0.3) is 33.1 Å². The fourth-order valence-corrected chi connectivity index (χ4v) is 4.40. The van der Waals surface area contributed by atoms with Gasteiger partial charge in [0.1, 0.15) is 17.2 Å². The van der Waals surface area contributed by atoms with Crippen LogP contribution in [0, 0.1) is 6.92 Å². The summed E-state index contributed by atoms with van der Waals surface area (Å²) >= 11 is 7.30. The minimum Gasteiger partial charge on any atom is -0.480 e. The zero-order valence-electron chi connectivity index (χ0n) is 17.8. The van der Waals surface area contributed by atoms with Gasteiger partial charge in [-0.25, -0.2) is 9.59 Å². The lowest BCUT2D eigenvalue weighted by molar-refractivity contribution is -0.141. The SMILES string of the molecule is CSC[C@H](NC(=O)Cc1c(C)c2cc3c(-c4ccc(Cl)cc4)coc3cc2oc1=O)C(=O)O. The van der Waals surface area contributed by atoms with E-state index in [2.05, 4.69) is 5.32 Å². The standard InChI is InChI=1S/C24H20ClNO6S/c1-12-15-7-17-18(13-3-5-14(25)6-4-13)10-31-20(17)9-21(15)32-24(30)16(12)8-22(27)26-19(11-33-2)23(28)29/h3-7,9-10,19H,8,11H2,1-2H3,(H,26,27)(H,28,29)/t19-/m0/s1. The number of furan rings is 1.